The summed E-state index contributed by atoms with van der Waals surface area (Å²) in [6.07, 6.45) is 4.16. The van der Waals surface area contributed by atoms with Crippen molar-refractivity contribution >= 4 is 5.82 Å². The predicted octanol–water partition coefficient (Wildman–Crippen LogP) is 0.991. The molecule has 5 heteroatoms. The standard InChI is InChI=1S/C11H18N4O/c1-12-10-7-11(14-8-13-10)16-6-5-15(2)9-3-4-9/h7-9H,3-6H2,1-2H3,(H,12,13,14). The number of likely N-dealkylation sites (N-methyl/N-ethyl adjacent to an activating group) is 1. The van der Waals surface area contributed by atoms with Crippen molar-refractivity contribution in [2.24, 2.45) is 0 Å². The number of nitrogens with zero attached hydrogens (tertiary/aromatic N) is 3. The Labute approximate surface area is 95.8 Å². The van der Waals surface area contributed by atoms with Crippen LogP contribution in [-0.2, 0) is 0 Å². The van der Waals surface area contributed by atoms with Gasteiger partial charge in [-0.2, -0.15) is 0 Å². The second-order valence-corrected chi connectivity index (χ2v) is 4.05. The van der Waals surface area contributed by atoms with Crippen molar-refractivity contribution in [2.45, 2.75) is 18.9 Å². The molecule has 0 aromatic carbocycles. The molecule has 1 saturated carbocycles. The maximum Gasteiger partial charge on any atom is 0.218 e. The van der Waals surface area contributed by atoms with Crippen LogP contribution in [0.4, 0.5) is 5.82 Å². The highest BCUT2D eigenvalue weighted by Crippen LogP contribution is 2.24. The Morgan fingerprint density at radius 3 is 3.00 bits per heavy atom. The smallest absolute Gasteiger partial charge is 0.218 e. The molecule has 0 saturated heterocycles. The molecular weight excluding hydrogens is 204 g/mol. The summed E-state index contributed by atoms with van der Waals surface area (Å²) in [5, 5.41) is 2.95. The van der Waals surface area contributed by atoms with Crippen molar-refractivity contribution in [3.8, 4) is 5.88 Å². The van der Waals surface area contributed by atoms with Crippen molar-refractivity contribution in [1.82, 2.24) is 14.9 Å². The van der Waals surface area contributed by atoms with Gasteiger partial charge >= 0.3 is 0 Å². The molecule has 5 nitrogen and oxygen atoms in total. The van der Waals surface area contributed by atoms with E-state index in [2.05, 4.69) is 27.2 Å². The molecule has 1 fully saturated rings. The number of hydrogen-bond acceptors (Lipinski definition) is 5. The molecule has 0 atom stereocenters. The summed E-state index contributed by atoms with van der Waals surface area (Å²) in [5.41, 5.74) is 0. The summed E-state index contributed by atoms with van der Waals surface area (Å²) in [4.78, 5) is 10.4. The van der Waals surface area contributed by atoms with Gasteiger partial charge in [-0.1, -0.05) is 0 Å². The Morgan fingerprint density at radius 2 is 2.31 bits per heavy atom. The van der Waals surface area contributed by atoms with Crippen molar-refractivity contribution in [3.05, 3.63) is 12.4 Å². The molecule has 0 bridgehead atoms. The van der Waals surface area contributed by atoms with Gasteiger partial charge < -0.3 is 15.0 Å². The van der Waals surface area contributed by atoms with Gasteiger partial charge in [-0.3, -0.25) is 0 Å². The van der Waals surface area contributed by atoms with Gasteiger partial charge in [-0.05, 0) is 19.9 Å². The van der Waals surface area contributed by atoms with Crippen LogP contribution in [-0.4, -0.2) is 48.2 Å². The lowest BCUT2D eigenvalue weighted by atomic mass is 10.5. The molecule has 1 N–H and O–H groups in total. The lowest BCUT2D eigenvalue weighted by Crippen LogP contribution is -2.26. The summed E-state index contributed by atoms with van der Waals surface area (Å²) in [6, 6.07) is 2.58. The van der Waals surface area contributed by atoms with Gasteiger partial charge in [0.1, 0.15) is 18.8 Å². The molecule has 0 unspecified atom stereocenters. The molecule has 0 spiro atoms. The van der Waals surface area contributed by atoms with Gasteiger partial charge in [-0.15, -0.1) is 0 Å². The Bertz CT molecular complexity index is 341. The largest absolute Gasteiger partial charge is 0.476 e. The Kier molecular flexibility index (Phi) is 3.56. The van der Waals surface area contributed by atoms with Crippen LogP contribution in [0.3, 0.4) is 0 Å². The van der Waals surface area contributed by atoms with E-state index in [0.29, 0.717) is 12.5 Å². The number of rotatable bonds is 6. The molecule has 0 radical (unpaired) electrons. The maximum atomic E-state index is 5.56. The van der Waals surface area contributed by atoms with Crippen LogP contribution in [0, 0.1) is 0 Å². The third kappa shape index (κ3) is 3.06. The first-order chi connectivity index (χ1) is 7.79. The SMILES string of the molecule is CNc1cc(OCCN(C)C2CC2)ncn1. The number of hydrogen-bond donors (Lipinski definition) is 1. The minimum atomic E-state index is 0.628. The lowest BCUT2D eigenvalue weighted by Gasteiger charge is -2.15. The van der Waals surface area contributed by atoms with Crippen molar-refractivity contribution < 1.29 is 4.74 Å². The van der Waals surface area contributed by atoms with Gasteiger partial charge in [0.15, 0.2) is 0 Å². The summed E-state index contributed by atoms with van der Waals surface area (Å²) in [7, 11) is 3.97. The first-order valence-electron chi connectivity index (χ1n) is 5.62. The van der Waals surface area contributed by atoms with Crippen LogP contribution in [0.5, 0.6) is 5.88 Å². The van der Waals surface area contributed by atoms with Crippen LogP contribution < -0.4 is 10.1 Å². The van der Waals surface area contributed by atoms with Crippen molar-refractivity contribution in [2.75, 3.05) is 32.6 Å². The van der Waals surface area contributed by atoms with Gasteiger partial charge in [0.25, 0.3) is 0 Å². The average molecular weight is 222 g/mol. The van der Waals surface area contributed by atoms with Crippen molar-refractivity contribution in [1.29, 1.82) is 0 Å². The Balaban J connectivity index is 1.75. The fraction of sp³-hybridized carbons (Fsp3) is 0.636. The molecule has 16 heavy (non-hydrogen) atoms. The first-order valence-corrected chi connectivity index (χ1v) is 5.62. The van der Waals surface area contributed by atoms with E-state index in [1.807, 2.05) is 7.05 Å². The van der Waals surface area contributed by atoms with Crippen LogP contribution in [0.2, 0.25) is 0 Å². The molecule has 1 heterocycles. The van der Waals surface area contributed by atoms with E-state index >= 15 is 0 Å². The lowest BCUT2D eigenvalue weighted by molar-refractivity contribution is 0.226. The Morgan fingerprint density at radius 1 is 1.50 bits per heavy atom. The van der Waals surface area contributed by atoms with Gasteiger partial charge in [0, 0.05) is 25.7 Å². The molecule has 88 valence electrons. The van der Waals surface area contributed by atoms with Gasteiger partial charge in [0.05, 0.1) is 0 Å². The minimum absolute atomic E-state index is 0.628. The second-order valence-electron chi connectivity index (χ2n) is 4.05. The van der Waals surface area contributed by atoms with E-state index in [-0.39, 0.29) is 0 Å². The summed E-state index contributed by atoms with van der Waals surface area (Å²) in [6.45, 7) is 1.62. The normalized spacial score (nSPS) is 15.2. The Hall–Kier alpha value is -1.36. The highest BCUT2D eigenvalue weighted by atomic mass is 16.5. The maximum absolute atomic E-state index is 5.56. The zero-order chi connectivity index (χ0) is 11.4. The molecule has 0 amide bonds. The molecule has 1 aromatic heterocycles. The first kappa shape index (κ1) is 11.1. The molecule has 1 aromatic rings. The van der Waals surface area contributed by atoms with E-state index in [1.165, 1.54) is 19.2 Å². The monoisotopic (exact) mass is 222 g/mol. The molecule has 2 rings (SSSR count). The van der Waals surface area contributed by atoms with Crippen LogP contribution >= 0.6 is 0 Å². The molecule has 0 aliphatic heterocycles. The summed E-state index contributed by atoms with van der Waals surface area (Å²) < 4.78 is 5.56. The van der Waals surface area contributed by atoms with E-state index < -0.39 is 0 Å². The van der Waals surface area contributed by atoms with E-state index in [1.54, 1.807) is 6.07 Å². The highest BCUT2D eigenvalue weighted by molar-refractivity contribution is 5.35. The van der Waals surface area contributed by atoms with E-state index in [4.69, 9.17) is 4.74 Å². The van der Waals surface area contributed by atoms with Crippen LogP contribution in [0.15, 0.2) is 12.4 Å². The third-order valence-corrected chi connectivity index (χ3v) is 2.76. The second kappa shape index (κ2) is 5.12. The zero-order valence-corrected chi connectivity index (χ0v) is 9.81. The average Bonchev–Trinajstić information content (AvgIpc) is 3.13. The fourth-order valence-electron chi connectivity index (χ4n) is 1.55. The number of nitrogens with one attached hydrogen (secondary N) is 1. The fourth-order valence-corrected chi connectivity index (χ4v) is 1.55. The zero-order valence-electron chi connectivity index (χ0n) is 9.81. The number of ether oxygens (including phenoxy) is 1. The molecule has 1 aliphatic rings. The van der Waals surface area contributed by atoms with Gasteiger partial charge in [-0.25, -0.2) is 9.97 Å². The predicted molar refractivity (Wildman–Crippen MR) is 62.7 cm³/mol. The topological polar surface area (TPSA) is 50.3 Å². The van der Waals surface area contributed by atoms with E-state index in [0.717, 1.165) is 18.4 Å². The van der Waals surface area contributed by atoms with Crippen LogP contribution in [0.1, 0.15) is 12.8 Å². The highest BCUT2D eigenvalue weighted by Gasteiger charge is 2.25. The quantitative estimate of drug-likeness (QED) is 0.778. The minimum Gasteiger partial charge on any atom is -0.476 e. The van der Waals surface area contributed by atoms with Gasteiger partial charge in [0.2, 0.25) is 5.88 Å². The number of anilines is 1. The number of aromatic nitrogens is 2. The summed E-state index contributed by atoms with van der Waals surface area (Å²) >= 11 is 0. The molecule has 1 aliphatic carbocycles. The third-order valence-electron chi connectivity index (χ3n) is 2.76. The van der Waals surface area contributed by atoms with Crippen LogP contribution in [0.25, 0.3) is 0 Å². The summed E-state index contributed by atoms with van der Waals surface area (Å²) in [5.74, 6) is 1.41. The molecular formula is C11H18N4O. The van der Waals surface area contributed by atoms with Crippen molar-refractivity contribution in [3.63, 3.8) is 0 Å². The van der Waals surface area contributed by atoms with E-state index in [9.17, 15) is 0 Å².